The summed E-state index contributed by atoms with van der Waals surface area (Å²) < 4.78 is 0. The van der Waals surface area contributed by atoms with Crippen LogP contribution in [-0.2, 0) is 0 Å². The highest BCUT2D eigenvalue weighted by Crippen LogP contribution is 2.26. The molecule has 0 radical (unpaired) electrons. The predicted octanol–water partition coefficient (Wildman–Crippen LogP) is 1.59. The first kappa shape index (κ1) is 10.2. The molecule has 1 aliphatic rings. The van der Waals surface area contributed by atoms with Crippen LogP contribution in [0.25, 0.3) is 12.2 Å². The fourth-order valence-electron chi connectivity index (χ4n) is 1.83. The van der Waals surface area contributed by atoms with Crippen LogP contribution in [0.3, 0.4) is 0 Å². The zero-order valence-electron chi connectivity index (χ0n) is 9.83. The normalized spacial score (nSPS) is 28.5. The minimum absolute atomic E-state index is 0.0762. The van der Waals surface area contributed by atoms with Crippen molar-refractivity contribution in [2.75, 3.05) is 0 Å². The summed E-state index contributed by atoms with van der Waals surface area (Å²) >= 11 is 0. The molecule has 0 aliphatic heterocycles. The molecule has 0 atom stereocenters. The monoisotopic (exact) mass is 202 g/mol. The lowest BCUT2D eigenvalue weighted by Gasteiger charge is -2.21. The van der Waals surface area contributed by atoms with Crippen molar-refractivity contribution in [2.24, 2.45) is 10.8 Å². The molecule has 80 valence electrons. The molecule has 1 aromatic heterocycles. The molecule has 2 nitrogen and oxygen atoms in total. The Hall–Kier alpha value is -1.31. The maximum atomic E-state index is 4.10. The van der Waals surface area contributed by atoms with Gasteiger partial charge in [-0.3, -0.25) is 5.10 Å². The number of allylic oxidation sites excluding steroid dienone is 2. The Balaban J connectivity index is 2.77. The summed E-state index contributed by atoms with van der Waals surface area (Å²) in [6, 6.07) is 0. The molecule has 0 spiro atoms. The largest absolute Gasteiger partial charge is 0.278 e. The lowest BCUT2D eigenvalue weighted by molar-refractivity contribution is 0.617. The number of aromatic amines is 1. The summed E-state index contributed by atoms with van der Waals surface area (Å²) in [6.07, 6.45) is 10.9. The average molecular weight is 202 g/mol. The standard InChI is InChI=1S/C13H18N2/c1-12(2)5-6-13(3,4)8-11-10(7-12)9-14-15-11/h5-9,15H,1-4H3/b6-5-,10-7-,11-8+. The molecule has 15 heavy (non-hydrogen) atoms. The van der Waals surface area contributed by atoms with E-state index in [1.165, 1.54) is 5.22 Å². The Bertz CT molecular complexity index is 456. The fraction of sp³-hybridized carbons (Fsp3) is 0.462. The van der Waals surface area contributed by atoms with Crippen LogP contribution in [0.4, 0.5) is 0 Å². The second-order valence-electron chi connectivity index (χ2n) is 5.50. The molecule has 0 fully saturated rings. The van der Waals surface area contributed by atoms with Gasteiger partial charge in [-0.1, -0.05) is 45.9 Å². The van der Waals surface area contributed by atoms with Crippen molar-refractivity contribution in [3.05, 3.63) is 28.9 Å². The lowest BCUT2D eigenvalue weighted by Crippen LogP contribution is -2.29. The summed E-state index contributed by atoms with van der Waals surface area (Å²) in [5.74, 6) is 0. The van der Waals surface area contributed by atoms with Crippen LogP contribution in [0.2, 0.25) is 0 Å². The minimum atomic E-state index is 0.0762. The number of fused-ring (bicyclic) bond motifs is 1. The Morgan fingerprint density at radius 3 is 2.27 bits per heavy atom. The number of H-pyrrole nitrogens is 1. The van der Waals surface area contributed by atoms with Crippen LogP contribution in [0, 0.1) is 10.8 Å². The third-order valence-corrected chi connectivity index (χ3v) is 2.69. The Labute approximate surface area is 90.4 Å². The maximum Gasteiger partial charge on any atom is 0.0616 e. The molecular weight excluding hydrogens is 184 g/mol. The van der Waals surface area contributed by atoms with Gasteiger partial charge in [-0.25, -0.2) is 0 Å². The average Bonchev–Trinajstić information content (AvgIpc) is 2.47. The third kappa shape index (κ3) is 2.20. The quantitative estimate of drug-likeness (QED) is 0.636. The Morgan fingerprint density at radius 1 is 1.00 bits per heavy atom. The highest BCUT2D eigenvalue weighted by Gasteiger charge is 2.17. The van der Waals surface area contributed by atoms with Crippen LogP contribution >= 0.6 is 0 Å². The first-order valence-electron chi connectivity index (χ1n) is 5.34. The fourth-order valence-corrected chi connectivity index (χ4v) is 1.83. The summed E-state index contributed by atoms with van der Waals surface area (Å²) in [6.45, 7) is 8.83. The van der Waals surface area contributed by atoms with Crippen LogP contribution in [0.1, 0.15) is 27.7 Å². The van der Waals surface area contributed by atoms with E-state index in [-0.39, 0.29) is 10.8 Å². The molecule has 0 amide bonds. The molecule has 0 saturated carbocycles. The van der Waals surface area contributed by atoms with Gasteiger partial charge >= 0.3 is 0 Å². The molecular formula is C13H18N2. The molecule has 1 N–H and O–H groups in total. The molecule has 2 rings (SSSR count). The predicted molar refractivity (Wildman–Crippen MR) is 63.5 cm³/mol. The van der Waals surface area contributed by atoms with Crippen LogP contribution in [0.5, 0.6) is 0 Å². The number of hydrogen-bond donors (Lipinski definition) is 1. The first-order chi connectivity index (χ1) is 6.88. The van der Waals surface area contributed by atoms with Gasteiger partial charge in [-0.2, -0.15) is 5.10 Å². The van der Waals surface area contributed by atoms with Crippen molar-refractivity contribution in [3.63, 3.8) is 0 Å². The van der Waals surface area contributed by atoms with Crippen LogP contribution < -0.4 is 10.6 Å². The van der Waals surface area contributed by atoms with Crippen molar-refractivity contribution in [2.45, 2.75) is 27.7 Å². The van der Waals surface area contributed by atoms with Gasteiger partial charge in [0.05, 0.1) is 11.5 Å². The van der Waals surface area contributed by atoms with Gasteiger partial charge in [0.25, 0.3) is 0 Å². The van der Waals surface area contributed by atoms with E-state index in [9.17, 15) is 0 Å². The summed E-state index contributed by atoms with van der Waals surface area (Å²) in [4.78, 5) is 0. The number of aromatic nitrogens is 2. The second-order valence-corrected chi connectivity index (χ2v) is 5.50. The SMILES string of the molecule is CC1(C)/C=C\C(C)(C)/C=c2/[nH]nc/c2=C/1. The second kappa shape index (κ2) is 3.09. The van der Waals surface area contributed by atoms with Crippen molar-refractivity contribution in [1.82, 2.24) is 10.2 Å². The van der Waals surface area contributed by atoms with Gasteiger partial charge < -0.3 is 0 Å². The van der Waals surface area contributed by atoms with Crippen molar-refractivity contribution in [1.29, 1.82) is 0 Å². The molecule has 1 aliphatic carbocycles. The first-order valence-corrected chi connectivity index (χ1v) is 5.34. The highest BCUT2D eigenvalue weighted by atomic mass is 15.1. The van der Waals surface area contributed by atoms with Crippen molar-refractivity contribution in [3.8, 4) is 0 Å². The topological polar surface area (TPSA) is 28.7 Å². The molecule has 0 unspecified atom stereocenters. The van der Waals surface area contributed by atoms with Crippen molar-refractivity contribution >= 4 is 12.2 Å². The Kier molecular flexibility index (Phi) is 2.10. The van der Waals surface area contributed by atoms with E-state index in [1.807, 2.05) is 6.20 Å². The summed E-state index contributed by atoms with van der Waals surface area (Å²) in [5.41, 5.74) is 0.164. The number of hydrogen-bond acceptors (Lipinski definition) is 1. The molecule has 0 bridgehead atoms. The summed E-state index contributed by atoms with van der Waals surface area (Å²) in [7, 11) is 0. The number of nitrogens with one attached hydrogen (secondary N) is 1. The third-order valence-electron chi connectivity index (χ3n) is 2.69. The van der Waals surface area contributed by atoms with E-state index in [1.54, 1.807) is 0 Å². The van der Waals surface area contributed by atoms with Gasteiger partial charge in [-0.05, 0) is 6.08 Å². The highest BCUT2D eigenvalue weighted by molar-refractivity contribution is 5.43. The van der Waals surface area contributed by atoms with Gasteiger partial charge in [0.1, 0.15) is 0 Å². The molecule has 2 heteroatoms. The van der Waals surface area contributed by atoms with E-state index >= 15 is 0 Å². The van der Waals surface area contributed by atoms with Gasteiger partial charge in [0.2, 0.25) is 0 Å². The zero-order valence-corrected chi connectivity index (χ0v) is 9.83. The van der Waals surface area contributed by atoms with E-state index in [4.69, 9.17) is 0 Å². The zero-order chi connectivity index (χ0) is 11.1. The molecule has 0 aromatic carbocycles. The maximum absolute atomic E-state index is 4.10. The summed E-state index contributed by atoms with van der Waals surface area (Å²) in [5, 5.41) is 9.47. The van der Waals surface area contributed by atoms with Crippen molar-refractivity contribution < 1.29 is 0 Å². The lowest BCUT2D eigenvalue weighted by atomic mass is 9.84. The number of nitrogens with zero attached hydrogens (tertiary/aromatic N) is 1. The molecule has 0 saturated heterocycles. The van der Waals surface area contributed by atoms with Gasteiger partial charge in [0, 0.05) is 16.0 Å². The molecule has 1 heterocycles. The molecule has 1 aromatic rings. The Morgan fingerprint density at radius 2 is 1.60 bits per heavy atom. The smallest absolute Gasteiger partial charge is 0.0616 e. The van der Waals surface area contributed by atoms with Gasteiger partial charge in [0.15, 0.2) is 0 Å². The number of rotatable bonds is 0. The van der Waals surface area contributed by atoms with Crippen LogP contribution in [0.15, 0.2) is 18.3 Å². The van der Waals surface area contributed by atoms with E-state index in [0.29, 0.717) is 0 Å². The van der Waals surface area contributed by atoms with E-state index in [2.05, 4.69) is 62.2 Å². The van der Waals surface area contributed by atoms with E-state index < -0.39 is 0 Å². The van der Waals surface area contributed by atoms with Gasteiger partial charge in [-0.15, -0.1) is 0 Å². The van der Waals surface area contributed by atoms with E-state index in [0.717, 1.165) is 5.35 Å². The van der Waals surface area contributed by atoms with Crippen LogP contribution in [-0.4, -0.2) is 10.2 Å². The minimum Gasteiger partial charge on any atom is -0.278 e.